The van der Waals surface area contributed by atoms with Crippen LogP contribution in [0, 0.1) is 17.8 Å². The summed E-state index contributed by atoms with van der Waals surface area (Å²) >= 11 is 0. The molecule has 2 fully saturated rings. The largest absolute Gasteiger partial charge is 0.481 e. The molecule has 1 saturated carbocycles. The summed E-state index contributed by atoms with van der Waals surface area (Å²) in [4.78, 5) is 24.1. The molecule has 1 N–H and O–H groups in total. The van der Waals surface area contributed by atoms with Gasteiger partial charge in [-0.15, -0.1) is 0 Å². The average Bonchev–Trinajstić information content (AvgIpc) is 2.96. The fraction of sp³-hybridized carbons (Fsp3) is 0.833. The minimum atomic E-state index is -4.58. The molecular formula is C12H16F3NO3. The average molecular weight is 279 g/mol. The third-order valence-corrected chi connectivity index (χ3v) is 4.07. The maximum absolute atomic E-state index is 12.8. The van der Waals surface area contributed by atoms with Crippen molar-refractivity contribution in [3.8, 4) is 0 Å². The summed E-state index contributed by atoms with van der Waals surface area (Å²) in [6.45, 7) is -0.843. The number of aliphatic carboxylic acids is 1. The van der Waals surface area contributed by atoms with E-state index in [9.17, 15) is 22.8 Å². The molecule has 108 valence electrons. The van der Waals surface area contributed by atoms with Crippen LogP contribution in [-0.2, 0) is 9.59 Å². The summed E-state index contributed by atoms with van der Waals surface area (Å²) < 4.78 is 38.4. The number of hydrogen-bond donors (Lipinski definition) is 1. The zero-order valence-corrected chi connectivity index (χ0v) is 10.3. The molecule has 0 radical (unpaired) electrons. The van der Waals surface area contributed by atoms with Crippen molar-refractivity contribution in [2.45, 2.75) is 31.9 Å². The van der Waals surface area contributed by atoms with Crippen LogP contribution < -0.4 is 0 Å². The SMILES string of the molecule is O=C(O)[C@@H]1CN(C(=O)C2CCCC2)C[C@H]1C(F)(F)F. The number of carboxylic acid groups (broad SMARTS) is 1. The van der Waals surface area contributed by atoms with Crippen molar-refractivity contribution in [2.24, 2.45) is 17.8 Å². The quantitative estimate of drug-likeness (QED) is 0.840. The van der Waals surface area contributed by atoms with Gasteiger partial charge in [0, 0.05) is 19.0 Å². The lowest BCUT2D eigenvalue weighted by molar-refractivity contribution is -0.188. The smallest absolute Gasteiger partial charge is 0.394 e. The molecule has 0 aromatic rings. The van der Waals surface area contributed by atoms with E-state index in [4.69, 9.17) is 5.11 Å². The molecule has 0 spiro atoms. The molecule has 1 amide bonds. The second kappa shape index (κ2) is 5.02. The van der Waals surface area contributed by atoms with E-state index in [1.54, 1.807) is 0 Å². The van der Waals surface area contributed by atoms with Crippen LogP contribution in [0.15, 0.2) is 0 Å². The van der Waals surface area contributed by atoms with Gasteiger partial charge in [0.1, 0.15) is 0 Å². The maximum Gasteiger partial charge on any atom is 0.394 e. The number of halogens is 3. The van der Waals surface area contributed by atoms with Crippen LogP contribution in [0.4, 0.5) is 13.2 Å². The third-order valence-electron chi connectivity index (χ3n) is 4.07. The Morgan fingerprint density at radius 1 is 1.11 bits per heavy atom. The molecule has 2 rings (SSSR count). The highest BCUT2D eigenvalue weighted by Crippen LogP contribution is 2.39. The van der Waals surface area contributed by atoms with E-state index in [-0.39, 0.29) is 18.4 Å². The highest BCUT2D eigenvalue weighted by atomic mass is 19.4. The standard InChI is InChI=1S/C12H16F3NO3/c13-12(14,15)9-6-16(5-8(9)11(18)19)10(17)7-3-1-2-4-7/h7-9H,1-6H2,(H,18,19)/t8-,9-/m1/s1. The maximum atomic E-state index is 12.8. The summed E-state index contributed by atoms with van der Waals surface area (Å²) in [5.74, 6) is -5.50. The number of hydrogen-bond acceptors (Lipinski definition) is 2. The lowest BCUT2D eigenvalue weighted by Crippen LogP contribution is -2.35. The number of carbonyl (C=O) groups excluding carboxylic acids is 1. The summed E-state index contributed by atoms with van der Waals surface area (Å²) in [7, 11) is 0. The van der Waals surface area contributed by atoms with Gasteiger partial charge in [-0.3, -0.25) is 9.59 Å². The molecule has 7 heteroatoms. The zero-order chi connectivity index (χ0) is 14.2. The Morgan fingerprint density at radius 2 is 1.68 bits per heavy atom. The van der Waals surface area contributed by atoms with E-state index < -0.39 is 30.5 Å². The Bertz CT molecular complexity index is 377. The minimum Gasteiger partial charge on any atom is -0.481 e. The van der Waals surface area contributed by atoms with Crippen molar-refractivity contribution >= 4 is 11.9 Å². The van der Waals surface area contributed by atoms with Crippen LogP contribution >= 0.6 is 0 Å². The van der Waals surface area contributed by atoms with Crippen LogP contribution in [0.5, 0.6) is 0 Å². The van der Waals surface area contributed by atoms with Crippen LogP contribution in [-0.4, -0.2) is 41.1 Å². The lowest BCUT2D eigenvalue weighted by Gasteiger charge is -2.20. The molecule has 0 bridgehead atoms. The van der Waals surface area contributed by atoms with Crippen molar-refractivity contribution in [1.29, 1.82) is 0 Å². The van der Waals surface area contributed by atoms with Gasteiger partial charge in [0.25, 0.3) is 0 Å². The minimum absolute atomic E-state index is 0.221. The second-order valence-corrected chi connectivity index (χ2v) is 5.32. The van der Waals surface area contributed by atoms with Gasteiger partial charge in [-0.1, -0.05) is 12.8 Å². The molecule has 1 saturated heterocycles. The summed E-state index contributed by atoms with van der Waals surface area (Å²) in [6, 6.07) is 0. The van der Waals surface area contributed by atoms with Gasteiger partial charge in [0.15, 0.2) is 0 Å². The molecule has 2 aliphatic rings. The molecule has 1 aliphatic heterocycles. The topological polar surface area (TPSA) is 57.6 Å². The Hall–Kier alpha value is -1.27. The van der Waals surface area contributed by atoms with Crippen LogP contribution in [0.1, 0.15) is 25.7 Å². The van der Waals surface area contributed by atoms with E-state index in [0.717, 1.165) is 17.7 Å². The van der Waals surface area contributed by atoms with Gasteiger partial charge in [0.2, 0.25) is 5.91 Å². The van der Waals surface area contributed by atoms with Gasteiger partial charge in [-0.05, 0) is 12.8 Å². The first-order chi connectivity index (χ1) is 8.80. The van der Waals surface area contributed by atoms with E-state index in [1.165, 1.54) is 0 Å². The van der Waals surface area contributed by atoms with Gasteiger partial charge in [-0.2, -0.15) is 13.2 Å². The van der Waals surface area contributed by atoms with Crippen LogP contribution in [0.3, 0.4) is 0 Å². The van der Waals surface area contributed by atoms with Gasteiger partial charge < -0.3 is 10.0 Å². The molecule has 0 aromatic carbocycles. The third kappa shape index (κ3) is 2.84. The Morgan fingerprint density at radius 3 is 2.11 bits per heavy atom. The highest BCUT2D eigenvalue weighted by Gasteiger charge is 2.53. The first-order valence-electron chi connectivity index (χ1n) is 6.39. The molecular weight excluding hydrogens is 263 g/mol. The first-order valence-corrected chi connectivity index (χ1v) is 6.39. The van der Waals surface area contributed by atoms with Crippen LogP contribution in [0.2, 0.25) is 0 Å². The fourth-order valence-electron chi connectivity index (χ4n) is 3.00. The molecule has 2 atom stereocenters. The van der Waals surface area contributed by atoms with Gasteiger partial charge in [-0.25, -0.2) is 0 Å². The molecule has 19 heavy (non-hydrogen) atoms. The number of alkyl halides is 3. The van der Waals surface area contributed by atoms with E-state index >= 15 is 0 Å². The second-order valence-electron chi connectivity index (χ2n) is 5.32. The first kappa shape index (κ1) is 14.1. The lowest BCUT2D eigenvalue weighted by atomic mass is 9.96. The number of likely N-dealkylation sites (tertiary alicyclic amines) is 1. The number of nitrogens with zero attached hydrogens (tertiary/aromatic N) is 1. The highest BCUT2D eigenvalue weighted by molar-refractivity contribution is 5.81. The monoisotopic (exact) mass is 279 g/mol. The summed E-state index contributed by atoms with van der Waals surface area (Å²) in [5, 5.41) is 8.87. The predicted octanol–water partition coefficient (Wildman–Crippen LogP) is 1.90. The zero-order valence-electron chi connectivity index (χ0n) is 10.3. The van der Waals surface area contributed by atoms with E-state index in [2.05, 4.69) is 0 Å². The van der Waals surface area contributed by atoms with Crippen LogP contribution in [0.25, 0.3) is 0 Å². The Labute approximate surface area is 108 Å². The summed E-state index contributed by atoms with van der Waals surface area (Å²) in [6.07, 6.45) is -1.36. The number of carboxylic acids is 1. The van der Waals surface area contributed by atoms with Crippen molar-refractivity contribution in [1.82, 2.24) is 4.90 Å². The van der Waals surface area contributed by atoms with Crippen molar-refractivity contribution in [3.05, 3.63) is 0 Å². The normalized spacial score (nSPS) is 28.9. The van der Waals surface area contributed by atoms with E-state index in [0.29, 0.717) is 12.8 Å². The fourth-order valence-corrected chi connectivity index (χ4v) is 3.00. The van der Waals surface area contributed by atoms with E-state index in [1.807, 2.05) is 0 Å². The summed E-state index contributed by atoms with van der Waals surface area (Å²) in [5.41, 5.74) is 0. The Kier molecular flexibility index (Phi) is 3.73. The van der Waals surface area contributed by atoms with Crippen molar-refractivity contribution in [3.63, 3.8) is 0 Å². The molecule has 0 aromatic heterocycles. The number of amides is 1. The van der Waals surface area contributed by atoms with Gasteiger partial charge in [0.05, 0.1) is 11.8 Å². The Balaban J connectivity index is 2.09. The van der Waals surface area contributed by atoms with Crippen molar-refractivity contribution in [2.75, 3.05) is 13.1 Å². The van der Waals surface area contributed by atoms with Crippen molar-refractivity contribution < 1.29 is 27.9 Å². The number of carbonyl (C=O) groups is 2. The molecule has 0 unspecified atom stereocenters. The number of rotatable bonds is 2. The van der Waals surface area contributed by atoms with Gasteiger partial charge >= 0.3 is 12.1 Å². The molecule has 1 aliphatic carbocycles. The molecule has 4 nitrogen and oxygen atoms in total. The molecule has 1 heterocycles. The predicted molar refractivity (Wildman–Crippen MR) is 59.2 cm³/mol.